The van der Waals surface area contributed by atoms with Gasteiger partial charge in [-0.2, -0.15) is 0 Å². The molecule has 2 unspecified atom stereocenters. The average Bonchev–Trinajstić information content (AvgIpc) is 2.75. The molecule has 2 N–H and O–H groups in total. The highest BCUT2D eigenvalue weighted by Crippen LogP contribution is 2.38. The van der Waals surface area contributed by atoms with Crippen LogP contribution in [0.15, 0.2) is 12.1 Å². The summed E-state index contributed by atoms with van der Waals surface area (Å²) < 4.78 is 5.37. The lowest BCUT2D eigenvalue weighted by Gasteiger charge is -2.20. The number of hydrogen-bond donors (Lipinski definition) is 1. The van der Waals surface area contributed by atoms with Crippen molar-refractivity contribution in [1.29, 1.82) is 0 Å². The summed E-state index contributed by atoms with van der Waals surface area (Å²) in [6, 6.07) is 3.84. The van der Waals surface area contributed by atoms with Crippen LogP contribution in [0.3, 0.4) is 0 Å². The second kappa shape index (κ2) is 7.26. The number of rotatable bonds is 6. The van der Waals surface area contributed by atoms with E-state index in [2.05, 4.69) is 4.74 Å². The smallest absolute Gasteiger partial charge is 0.315 e. The predicted octanol–water partition coefficient (Wildman–Crippen LogP) is 3.09. The molecule has 0 spiro atoms. The van der Waals surface area contributed by atoms with Crippen LogP contribution in [0.4, 0.5) is 0 Å². The number of hydrogen-bond acceptors (Lipinski definition) is 5. The summed E-state index contributed by atoms with van der Waals surface area (Å²) in [5, 5.41) is 0.0941. The summed E-state index contributed by atoms with van der Waals surface area (Å²) in [5.41, 5.74) is 6.08. The Bertz CT molecular complexity index is 370. The lowest BCUT2D eigenvalue weighted by atomic mass is 10.1. The molecule has 1 heterocycles. The first-order chi connectivity index (χ1) is 8.08. The standard InChI is InChI=1S/C11H16ClNO2S2/c1-3-7(13)11(16-6-10(14)15-2)8-4-5-9(12)17-8/h4-5,7,11H,3,6,13H2,1-2H3. The number of carbonyl (C=O) groups excluding carboxylic acids is 1. The van der Waals surface area contributed by atoms with Crippen molar-refractivity contribution in [3.63, 3.8) is 0 Å². The van der Waals surface area contributed by atoms with Crippen LogP contribution in [0, 0.1) is 0 Å². The zero-order chi connectivity index (χ0) is 12.8. The summed E-state index contributed by atoms with van der Waals surface area (Å²) in [6.07, 6.45) is 0.856. The molecule has 1 aromatic heterocycles. The number of thiophene rings is 1. The van der Waals surface area contributed by atoms with Crippen molar-refractivity contribution in [2.75, 3.05) is 12.9 Å². The van der Waals surface area contributed by atoms with Crippen LogP contribution in [0.5, 0.6) is 0 Å². The van der Waals surface area contributed by atoms with Gasteiger partial charge in [0.25, 0.3) is 0 Å². The second-order valence-corrected chi connectivity index (χ2v) is 6.40. The van der Waals surface area contributed by atoms with Gasteiger partial charge < -0.3 is 10.5 Å². The first-order valence-electron chi connectivity index (χ1n) is 5.27. The Labute approximate surface area is 115 Å². The summed E-state index contributed by atoms with van der Waals surface area (Å²) >= 11 is 8.94. The Morgan fingerprint density at radius 3 is 2.82 bits per heavy atom. The van der Waals surface area contributed by atoms with Crippen LogP contribution >= 0.6 is 34.7 Å². The van der Waals surface area contributed by atoms with Crippen LogP contribution in [-0.2, 0) is 9.53 Å². The molecule has 2 atom stereocenters. The number of thioether (sulfide) groups is 1. The van der Waals surface area contributed by atoms with Crippen LogP contribution in [0.1, 0.15) is 23.5 Å². The van der Waals surface area contributed by atoms with Crippen LogP contribution in [0.25, 0.3) is 0 Å². The molecule has 96 valence electrons. The van der Waals surface area contributed by atoms with Gasteiger partial charge in [-0.3, -0.25) is 4.79 Å². The predicted molar refractivity (Wildman–Crippen MR) is 74.8 cm³/mol. The van der Waals surface area contributed by atoms with Gasteiger partial charge in [-0.25, -0.2) is 0 Å². The molecule has 0 aromatic carbocycles. The number of ether oxygens (including phenoxy) is 1. The highest BCUT2D eigenvalue weighted by atomic mass is 35.5. The third kappa shape index (κ3) is 4.50. The molecule has 0 fully saturated rings. The van der Waals surface area contributed by atoms with Crippen molar-refractivity contribution in [3.05, 3.63) is 21.3 Å². The lowest BCUT2D eigenvalue weighted by molar-refractivity contribution is -0.137. The first-order valence-corrected chi connectivity index (χ1v) is 7.52. The van der Waals surface area contributed by atoms with E-state index in [1.54, 1.807) is 0 Å². The molecule has 0 saturated heterocycles. The molecule has 1 rings (SSSR count). The average molecular weight is 294 g/mol. The molecule has 0 aliphatic heterocycles. The summed E-state index contributed by atoms with van der Waals surface area (Å²) in [7, 11) is 1.39. The Morgan fingerprint density at radius 2 is 2.35 bits per heavy atom. The third-order valence-electron chi connectivity index (χ3n) is 2.34. The van der Waals surface area contributed by atoms with Crippen molar-refractivity contribution in [3.8, 4) is 0 Å². The maximum Gasteiger partial charge on any atom is 0.315 e. The molecule has 0 aliphatic rings. The number of carbonyl (C=O) groups is 1. The maximum atomic E-state index is 11.2. The highest BCUT2D eigenvalue weighted by Gasteiger charge is 2.22. The number of nitrogens with two attached hydrogens (primary N) is 1. The fraction of sp³-hybridized carbons (Fsp3) is 0.545. The van der Waals surface area contributed by atoms with Gasteiger partial charge in [0.15, 0.2) is 0 Å². The zero-order valence-electron chi connectivity index (χ0n) is 9.81. The van der Waals surface area contributed by atoms with E-state index in [1.807, 2.05) is 19.1 Å². The van der Waals surface area contributed by atoms with E-state index in [0.717, 1.165) is 15.6 Å². The number of methoxy groups -OCH3 is 1. The van der Waals surface area contributed by atoms with E-state index in [0.29, 0.717) is 5.75 Å². The Hall–Kier alpha value is -0.230. The minimum atomic E-state index is -0.231. The van der Waals surface area contributed by atoms with Crippen LogP contribution in [0.2, 0.25) is 4.34 Å². The molecule has 0 saturated carbocycles. The minimum Gasteiger partial charge on any atom is -0.468 e. The van der Waals surface area contributed by atoms with Crippen molar-refractivity contribution in [1.82, 2.24) is 0 Å². The van der Waals surface area contributed by atoms with Crippen LogP contribution in [-0.4, -0.2) is 24.9 Å². The fourth-order valence-corrected chi connectivity index (χ4v) is 3.91. The largest absolute Gasteiger partial charge is 0.468 e. The number of esters is 1. The van der Waals surface area contributed by atoms with Gasteiger partial charge in [-0.15, -0.1) is 23.1 Å². The fourth-order valence-electron chi connectivity index (χ4n) is 1.33. The molecule has 6 heteroatoms. The summed E-state index contributed by atoms with van der Waals surface area (Å²) in [6.45, 7) is 2.03. The van der Waals surface area contributed by atoms with Gasteiger partial charge in [0.1, 0.15) is 0 Å². The molecule has 0 amide bonds. The molecule has 17 heavy (non-hydrogen) atoms. The van der Waals surface area contributed by atoms with E-state index < -0.39 is 0 Å². The molecule has 0 bridgehead atoms. The van der Waals surface area contributed by atoms with E-state index in [-0.39, 0.29) is 17.3 Å². The van der Waals surface area contributed by atoms with Gasteiger partial charge >= 0.3 is 5.97 Å². The molecular formula is C11H16ClNO2S2. The second-order valence-electron chi connectivity index (χ2n) is 3.52. The van der Waals surface area contributed by atoms with E-state index in [9.17, 15) is 4.79 Å². The molecule has 0 radical (unpaired) electrons. The van der Waals surface area contributed by atoms with Crippen LogP contribution < -0.4 is 5.73 Å². The molecule has 3 nitrogen and oxygen atoms in total. The molecule has 1 aromatic rings. The lowest BCUT2D eigenvalue weighted by Crippen LogP contribution is -2.26. The SMILES string of the molecule is CCC(N)C(SCC(=O)OC)c1ccc(Cl)s1. The zero-order valence-corrected chi connectivity index (χ0v) is 12.2. The van der Waals surface area contributed by atoms with E-state index in [4.69, 9.17) is 17.3 Å². The van der Waals surface area contributed by atoms with Gasteiger partial charge in [0.05, 0.1) is 22.4 Å². The van der Waals surface area contributed by atoms with E-state index >= 15 is 0 Å². The molecular weight excluding hydrogens is 278 g/mol. The van der Waals surface area contributed by atoms with Crippen molar-refractivity contribution >= 4 is 40.7 Å². The minimum absolute atomic E-state index is 0.0133. The van der Waals surface area contributed by atoms with Crippen molar-refractivity contribution in [2.24, 2.45) is 5.73 Å². The third-order valence-corrected chi connectivity index (χ3v) is 5.17. The Morgan fingerprint density at radius 1 is 1.65 bits per heavy atom. The van der Waals surface area contributed by atoms with Gasteiger partial charge in [0, 0.05) is 10.9 Å². The Balaban J connectivity index is 2.70. The summed E-state index contributed by atoms with van der Waals surface area (Å²) in [4.78, 5) is 12.3. The van der Waals surface area contributed by atoms with E-state index in [1.165, 1.54) is 30.2 Å². The monoisotopic (exact) mass is 293 g/mol. The summed E-state index contributed by atoms with van der Waals surface area (Å²) in [5.74, 6) is 0.0793. The maximum absolute atomic E-state index is 11.2. The van der Waals surface area contributed by atoms with Crippen molar-refractivity contribution in [2.45, 2.75) is 24.6 Å². The van der Waals surface area contributed by atoms with Crippen molar-refractivity contribution < 1.29 is 9.53 Å². The quantitative estimate of drug-likeness (QED) is 0.819. The normalized spacial score (nSPS) is 14.4. The van der Waals surface area contributed by atoms with Gasteiger partial charge in [-0.05, 0) is 18.6 Å². The first kappa shape index (κ1) is 14.8. The molecule has 0 aliphatic carbocycles. The Kier molecular flexibility index (Phi) is 6.33. The highest BCUT2D eigenvalue weighted by molar-refractivity contribution is 8.00. The van der Waals surface area contributed by atoms with Gasteiger partial charge in [0.2, 0.25) is 0 Å². The number of halogens is 1. The topological polar surface area (TPSA) is 52.3 Å². The van der Waals surface area contributed by atoms with Gasteiger partial charge in [-0.1, -0.05) is 18.5 Å².